The number of nitrogens with one attached hydrogen (secondary N) is 1. The van der Waals surface area contributed by atoms with Crippen molar-refractivity contribution in [3.8, 4) is 0 Å². The van der Waals surface area contributed by atoms with E-state index in [1.807, 2.05) is 0 Å². The van der Waals surface area contributed by atoms with E-state index in [1.54, 1.807) is 0 Å². The maximum atomic E-state index is 11.8. The molecular formula is C12H13N3O5. The van der Waals surface area contributed by atoms with Crippen LogP contribution in [-0.2, 0) is 20.9 Å². The molecule has 0 spiro atoms. The van der Waals surface area contributed by atoms with Gasteiger partial charge in [-0.05, 0) is 17.7 Å². The van der Waals surface area contributed by atoms with Crippen LogP contribution < -0.4 is 5.32 Å². The predicted molar refractivity (Wildman–Crippen MR) is 67.5 cm³/mol. The smallest absolute Gasteiger partial charge is 0.272 e. The summed E-state index contributed by atoms with van der Waals surface area (Å²) in [4.78, 5) is 33.8. The summed E-state index contributed by atoms with van der Waals surface area (Å²) >= 11 is 0. The largest absolute Gasteiger partial charge is 0.345 e. The third-order valence-electron chi connectivity index (χ3n) is 2.77. The van der Waals surface area contributed by atoms with Crippen molar-refractivity contribution in [3.05, 3.63) is 39.9 Å². The Labute approximate surface area is 114 Å². The van der Waals surface area contributed by atoms with Crippen molar-refractivity contribution in [3.63, 3.8) is 0 Å². The Kier molecular flexibility index (Phi) is 4.26. The number of amides is 2. The minimum Gasteiger partial charge on any atom is -0.345 e. The molecule has 2 rings (SSSR count). The zero-order valence-electron chi connectivity index (χ0n) is 10.5. The summed E-state index contributed by atoms with van der Waals surface area (Å²) in [6.45, 7) is 1.40. The monoisotopic (exact) mass is 279 g/mol. The molecule has 1 saturated heterocycles. The van der Waals surface area contributed by atoms with Crippen LogP contribution in [0.5, 0.6) is 0 Å². The molecule has 8 nitrogen and oxygen atoms in total. The number of carbonyl (C=O) groups excluding carboxylic acids is 2. The molecule has 0 aliphatic carbocycles. The minimum atomic E-state index is -1.02. The van der Waals surface area contributed by atoms with E-state index in [9.17, 15) is 19.7 Å². The summed E-state index contributed by atoms with van der Waals surface area (Å²) in [5.74, 6) is -0.293. The van der Waals surface area contributed by atoms with Crippen molar-refractivity contribution in [2.75, 3.05) is 13.1 Å². The molecule has 0 saturated carbocycles. The van der Waals surface area contributed by atoms with Gasteiger partial charge in [0.2, 0.25) is 12.6 Å². The van der Waals surface area contributed by atoms with E-state index in [-0.39, 0.29) is 18.2 Å². The average molecular weight is 279 g/mol. The van der Waals surface area contributed by atoms with Crippen LogP contribution in [0.3, 0.4) is 0 Å². The first-order chi connectivity index (χ1) is 9.61. The van der Waals surface area contributed by atoms with Gasteiger partial charge in [-0.3, -0.25) is 19.7 Å². The van der Waals surface area contributed by atoms with Gasteiger partial charge in [0.05, 0.1) is 11.5 Å². The highest BCUT2D eigenvalue weighted by Crippen LogP contribution is 2.14. The van der Waals surface area contributed by atoms with Crippen molar-refractivity contribution < 1.29 is 19.2 Å². The highest BCUT2D eigenvalue weighted by molar-refractivity contribution is 5.84. The van der Waals surface area contributed by atoms with Crippen LogP contribution in [0.1, 0.15) is 5.56 Å². The first kappa shape index (κ1) is 13.9. The van der Waals surface area contributed by atoms with Gasteiger partial charge in [0.1, 0.15) is 0 Å². The Hall–Kier alpha value is -2.48. The highest BCUT2D eigenvalue weighted by atomic mass is 16.6. The Bertz CT molecular complexity index is 512. The fourth-order valence-electron chi connectivity index (χ4n) is 1.58. The Morgan fingerprint density at radius 3 is 2.60 bits per heavy atom. The second-order valence-corrected chi connectivity index (χ2v) is 4.22. The first-order valence-electron chi connectivity index (χ1n) is 5.95. The van der Waals surface area contributed by atoms with E-state index in [2.05, 4.69) is 5.32 Å². The van der Waals surface area contributed by atoms with Crippen LogP contribution in [0, 0.1) is 10.1 Å². The van der Waals surface area contributed by atoms with E-state index in [0.717, 1.165) is 0 Å². The molecule has 1 unspecified atom stereocenters. The second-order valence-electron chi connectivity index (χ2n) is 4.22. The quantitative estimate of drug-likeness (QED) is 0.249. The lowest BCUT2D eigenvalue weighted by Crippen LogP contribution is -2.41. The Morgan fingerprint density at radius 2 is 2.10 bits per heavy atom. The van der Waals surface area contributed by atoms with Gasteiger partial charge in [-0.25, -0.2) is 0 Å². The number of benzene rings is 1. The fourth-order valence-corrected chi connectivity index (χ4v) is 1.58. The Balaban J connectivity index is 1.92. The number of nitrogens with zero attached hydrogens (tertiary/aromatic N) is 2. The number of hydrogen-bond donors (Lipinski definition) is 1. The molecule has 1 aliphatic rings. The third-order valence-corrected chi connectivity index (χ3v) is 2.77. The lowest BCUT2D eigenvalue weighted by Gasteiger charge is -2.16. The first-order valence-corrected chi connectivity index (χ1v) is 5.95. The van der Waals surface area contributed by atoms with E-state index < -0.39 is 11.2 Å². The molecule has 2 amide bonds. The summed E-state index contributed by atoms with van der Waals surface area (Å²) in [6.07, 6.45) is -0.618. The van der Waals surface area contributed by atoms with Crippen LogP contribution in [0.15, 0.2) is 24.3 Å². The standard InChI is InChI=1S/C12H13N3O5/c16-8-13-11(12(17)14-5-6-14)20-7-9-1-3-10(4-2-9)15(18)19/h1-4,8,11H,5-7H2,(H,13,16). The van der Waals surface area contributed by atoms with Crippen LogP contribution >= 0.6 is 0 Å². The van der Waals surface area contributed by atoms with Crippen LogP contribution in [0.4, 0.5) is 5.69 Å². The van der Waals surface area contributed by atoms with Crippen molar-refractivity contribution in [2.24, 2.45) is 0 Å². The van der Waals surface area contributed by atoms with E-state index in [0.29, 0.717) is 25.1 Å². The second kappa shape index (κ2) is 6.11. The molecule has 0 bridgehead atoms. The number of rotatable bonds is 7. The summed E-state index contributed by atoms with van der Waals surface area (Å²) in [5, 5.41) is 12.8. The van der Waals surface area contributed by atoms with E-state index >= 15 is 0 Å². The topological polar surface area (TPSA) is 102 Å². The van der Waals surface area contributed by atoms with Gasteiger partial charge >= 0.3 is 0 Å². The zero-order valence-corrected chi connectivity index (χ0v) is 10.5. The van der Waals surface area contributed by atoms with Crippen molar-refractivity contribution in [1.29, 1.82) is 0 Å². The molecule has 106 valence electrons. The van der Waals surface area contributed by atoms with E-state index in [4.69, 9.17) is 4.74 Å². The summed E-state index contributed by atoms with van der Waals surface area (Å²) in [5.41, 5.74) is 0.656. The van der Waals surface area contributed by atoms with E-state index in [1.165, 1.54) is 29.2 Å². The fraction of sp³-hybridized carbons (Fsp3) is 0.333. The molecule has 1 fully saturated rings. The molecule has 1 aromatic carbocycles. The molecule has 1 aliphatic heterocycles. The summed E-state index contributed by atoms with van der Waals surface area (Å²) in [6, 6.07) is 5.79. The van der Waals surface area contributed by atoms with Gasteiger partial charge in [0.15, 0.2) is 0 Å². The number of carbonyl (C=O) groups is 2. The normalized spacial score (nSPS) is 14.5. The summed E-state index contributed by atoms with van der Waals surface area (Å²) < 4.78 is 5.33. The molecule has 0 aromatic heterocycles. The number of hydrogen-bond acceptors (Lipinski definition) is 5. The zero-order chi connectivity index (χ0) is 14.5. The third kappa shape index (κ3) is 3.51. The Morgan fingerprint density at radius 1 is 1.45 bits per heavy atom. The number of nitro groups is 1. The van der Waals surface area contributed by atoms with Gasteiger partial charge in [-0.1, -0.05) is 0 Å². The molecule has 1 atom stereocenters. The van der Waals surface area contributed by atoms with Gasteiger partial charge in [0, 0.05) is 25.2 Å². The summed E-state index contributed by atoms with van der Waals surface area (Å²) in [7, 11) is 0. The maximum absolute atomic E-state index is 11.8. The van der Waals surface area contributed by atoms with Crippen molar-refractivity contribution in [1.82, 2.24) is 10.2 Å². The molecule has 1 heterocycles. The van der Waals surface area contributed by atoms with Crippen molar-refractivity contribution in [2.45, 2.75) is 12.8 Å². The van der Waals surface area contributed by atoms with Gasteiger partial charge in [-0.2, -0.15) is 0 Å². The van der Waals surface area contributed by atoms with Crippen molar-refractivity contribution >= 4 is 18.0 Å². The maximum Gasteiger partial charge on any atom is 0.272 e. The predicted octanol–water partition coefficient (Wildman–Crippen LogP) is 0.0257. The molecule has 8 heteroatoms. The van der Waals surface area contributed by atoms with Crippen LogP contribution in [0.2, 0.25) is 0 Å². The molecular weight excluding hydrogens is 266 g/mol. The average Bonchev–Trinajstić information content (AvgIpc) is 3.27. The lowest BCUT2D eigenvalue weighted by atomic mass is 10.2. The molecule has 1 N–H and O–H groups in total. The van der Waals surface area contributed by atoms with Gasteiger partial charge in [0.25, 0.3) is 11.6 Å². The number of ether oxygens (including phenoxy) is 1. The van der Waals surface area contributed by atoms with Gasteiger partial charge in [-0.15, -0.1) is 0 Å². The number of non-ortho nitro benzene ring substituents is 1. The lowest BCUT2D eigenvalue weighted by molar-refractivity contribution is -0.384. The van der Waals surface area contributed by atoms with Gasteiger partial charge < -0.3 is 15.0 Å². The molecule has 1 aromatic rings. The highest BCUT2D eigenvalue weighted by Gasteiger charge is 2.31. The van der Waals surface area contributed by atoms with Crippen LogP contribution in [-0.4, -0.2) is 41.5 Å². The van der Waals surface area contributed by atoms with Crippen LogP contribution in [0.25, 0.3) is 0 Å². The minimum absolute atomic E-state index is 0.0171. The molecule has 20 heavy (non-hydrogen) atoms. The SMILES string of the molecule is O=CNC(OCc1ccc([N+](=O)[O-])cc1)C(=O)N1CC1. The molecule has 0 radical (unpaired) electrons. The number of nitro benzene ring substituents is 1.